The van der Waals surface area contributed by atoms with Crippen LogP contribution >= 0.6 is 31.9 Å². The Morgan fingerprint density at radius 2 is 2.08 bits per heavy atom. The van der Waals surface area contributed by atoms with Crippen molar-refractivity contribution in [3.8, 4) is 0 Å². The molecule has 0 aliphatic carbocycles. The molecule has 0 radical (unpaired) electrons. The fraction of sp³-hybridized carbons (Fsp3) is 0.222. The van der Waals surface area contributed by atoms with E-state index in [1.807, 2.05) is 0 Å². The average Bonchev–Trinajstić information content (AvgIpc) is 2.03. The van der Waals surface area contributed by atoms with Crippen LogP contribution in [0.3, 0.4) is 0 Å². The molecule has 1 aromatic carbocycles. The highest BCUT2D eigenvalue weighted by Gasteiger charge is 2.06. The van der Waals surface area contributed by atoms with Crippen LogP contribution in [0, 0.1) is 5.82 Å². The summed E-state index contributed by atoms with van der Waals surface area (Å²) >= 11 is 6.29. The van der Waals surface area contributed by atoms with E-state index in [1.165, 1.54) is 12.1 Å². The predicted octanol–water partition coefficient (Wildman–Crippen LogP) is 3.56. The highest BCUT2D eigenvalue weighted by Crippen LogP contribution is 2.16. The van der Waals surface area contributed by atoms with Crippen molar-refractivity contribution >= 4 is 37.6 Å². The standard InChI is InChI=1S/C9H7Br2FO/c10-2-1-9(13)6-3-7(11)5-8(12)4-6/h3-5H,1-2H2. The first-order chi connectivity index (χ1) is 6.13. The number of carbonyl (C=O) groups excluding carboxylic acids is 1. The monoisotopic (exact) mass is 308 g/mol. The molecule has 0 heterocycles. The van der Waals surface area contributed by atoms with Gasteiger partial charge in [-0.25, -0.2) is 4.39 Å². The minimum absolute atomic E-state index is 0.0583. The van der Waals surface area contributed by atoms with Crippen molar-refractivity contribution in [2.45, 2.75) is 6.42 Å². The molecule has 0 N–H and O–H groups in total. The summed E-state index contributed by atoms with van der Waals surface area (Å²) in [4.78, 5) is 11.3. The van der Waals surface area contributed by atoms with E-state index in [0.29, 0.717) is 21.8 Å². The molecule has 13 heavy (non-hydrogen) atoms. The maximum absolute atomic E-state index is 12.8. The largest absolute Gasteiger partial charge is 0.294 e. The molecule has 0 aliphatic heterocycles. The number of halogens is 3. The van der Waals surface area contributed by atoms with Crippen molar-refractivity contribution < 1.29 is 9.18 Å². The fourth-order valence-electron chi connectivity index (χ4n) is 0.945. The van der Waals surface area contributed by atoms with E-state index in [4.69, 9.17) is 0 Å². The van der Waals surface area contributed by atoms with Gasteiger partial charge in [0.1, 0.15) is 5.82 Å². The van der Waals surface area contributed by atoms with Crippen molar-refractivity contribution in [3.05, 3.63) is 34.1 Å². The molecular formula is C9H7Br2FO. The summed E-state index contributed by atoms with van der Waals surface area (Å²) in [5, 5.41) is 0.597. The van der Waals surface area contributed by atoms with Gasteiger partial charge in [0, 0.05) is 21.8 Å². The van der Waals surface area contributed by atoms with Gasteiger partial charge in [-0.3, -0.25) is 4.79 Å². The highest BCUT2D eigenvalue weighted by atomic mass is 79.9. The van der Waals surface area contributed by atoms with E-state index < -0.39 is 5.82 Å². The van der Waals surface area contributed by atoms with Crippen molar-refractivity contribution in [2.75, 3.05) is 5.33 Å². The molecule has 0 spiro atoms. The molecule has 0 aromatic heterocycles. The van der Waals surface area contributed by atoms with Gasteiger partial charge in [-0.1, -0.05) is 31.9 Å². The topological polar surface area (TPSA) is 17.1 Å². The van der Waals surface area contributed by atoms with Gasteiger partial charge in [-0.15, -0.1) is 0 Å². The lowest BCUT2D eigenvalue weighted by Gasteiger charge is -1.99. The summed E-state index contributed by atoms with van der Waals surface area (Å²) in [5.41, 5.74) is 0.409. The molecule has 1 aromatic rings. The molecule has 0 amide bonds. The lowest BCUT2D eigenvalue weighted by Crippen LogP contribution is -2.00. The second-order valence-corrected chi connectivity index (χ2v) is 4.23. The molecular weight excluding hydrogens is 303 g/mol. The van der Waals surface area contributed by atoms with E-state index >= 15 is 0 Å². The van der Waals surface area contributed by atoms with Crippen molar-refractivity contribution in [1.29, 1.82) is 0 Å². The maximum atomic E-state index is 12.8. The van der Waals surface area contributed by atoms with Gasteiger partial charge in [-0.05, 0) is 18.2 Å². The van der Waals surface area contributed by atoms with Gasteiger partial charge in [-0.2, -0.15) is 0 Å². The Morgan fingerprint density at radius 1 is 1.38 bits per heavy atom. The van der Waals surface area contributed by atoms with E-state index in [1.54, 1.807) is 6.07 Å². The first kappa shape index (κ1) is 10.9. The highest BCUT2D eigenvalue weighted by molar-refractivity contribution is 9.10. The quantitative estimate of drug-likeness (QED) is 0.616. The van der Waals surface area contributed by atoms with Crippen molar-refractivity contribution in [3.63, 3.8) is 0 Å². The zero-order valence-electron chi connectivity index (χ0n) is 6.69. The van der Waals surface area contributed by atoms with Gasteiger partial charge >= 0.3 is 0 Å². The molecule has 0 saturated carbocycles. The third-order valence-electron chi connectivity index (χ3n) is 1.51. The molecule has 0 atom stereocenters. The average molecular weight is 310 g/mol. The summed E-state index contributed by atoms with van der Waals surface area (Å²) in [7, 11) is 0. The number of hydrogen-bond acceptors (Lipinski definition) is 1. The fourth-order valence-corrected chi connectivity index (χ4v) is 1.77. The normalized spacial score (nSPS) is 10.1. The summed E-state index contributed by atoms with van der Waals surface area (Å²) in [5.74, 6) is -0.454. The zero-order valence-corrected chi connectivity index (χ0v) is 9.86. The second kappa shape index (κ2) is 4.86. The van der Waals surface area contributed by atoms with E-state index in [2.05, 4.69) is 31.9 Å². The smallest absolute Gasteiger partial charge is 0.163 e. The molecule has 0 aliphatic rings. The van der Waals surface area contributed by atoms with Crippen molar-refractivity contribution in [1.82, 2.24) is 0 Å². The predicted molar refractivity (Wildman–Crippen MR) is 56.8 cm³/mol. The van der Waals surface area contributed by atoms with Gasteiger partial charge < -0.3 is 0 Å². The van der Waals surface area contributed by atoms with Crippen LogP contribution in [0.2, 0.25) is 0 Å². The Bertz CT molecular complexity index is 305. The van der Waals surface area contributed by atoms with Crippen LogP contribution in [0.4, 0.5) is 4.39 Å². The number of carbonyl (C=O) groups is 1. The van der Waals surface area contributed by atoms with Crippen LogP contribution in [-0.4, -0.2) is 11.1 Å². The molecule has 0 fully saturated rings. The molecule has 0 bridgehead atoms. The lowest BCUT2D eigenvalue weighted by atomic mass is 10.1. The lowest BCUT2D eigenvalue weighted by molar-refractivity contribution is 0.0989. The Morgan fingerprint density at radius 3 is 2.62 bits per heavy atom. The van der Waals surface area contributed by atoms with Gasteiger partial charge in [0.25, 0.3) is 0 Å². The first-order valence-electron chi connectivity index (χ1n) is 3.68. The molecule has 70 valence electrons. The van der Waals surface area contributed by atoms with Crippen LogP contribution in [0.5, 0.6) is 0 Å². The number of Topliss-reactive ketones (excluding diaryl/α,β-unsaturated/α-hetero) is 1. The Kier molecular flexibility index (Phi) is 4.06. The van der Waals surface area contributed by atoms with Crippen LogP contribution in [0.25, 0.3) is 0 Å². The SMILES string of the molecule is O=C(CCBr)c1cc(F)cc(Br)c1. The summed E-state index contributed by atoms with van der Waals surface area (Å²) in [6, 6.07) is 4.19. The van der Waals surface area contributed by atoms with Gasteiger partial charge in [0.2, 0.25) is 0 Å². The number of hydrogen-bond donors (Lipinski definition) is 0. The molecule has 0 saturated heterocycles. The number of ketones is 1. The number of rotatable bonds is 3. The molecule has 1 nitrogen and oxygen atoms in total. The minimum atomic E-state index is -0.396. The van der Waals surface area contributed by atoms with E-state index in [0.717, 1.165) is 0 Å². The summed E-state index contributed by atoms with van der Waals surface area (Å²) < 4.78 is 13.4. The zero-order chi connectivity index (χ0) is 9.84. The van der Waals surface area contributed by atoms with Crippen LogP contribution in [-0.2, 0) is 0 Å². The minimum Gasteiger partial charge on any atom is -0.294 e. The second-order valence-electron chi connectivity index (χ2n) is 2.52. The Hall–Kier alpha value is -0.220. The summed E-state index contributed by atoms with van der Waals surface area (Å²) in [6.07, 6.45) is 0.385. The van der Waals surface area contributed by atoms with Crippen LogP contribution in [0.1, 0.15) is 16.8 Å². The van der Waals surface area contributed by atoms with Crippen LogP contribution in [0.15, 0.2) is 22.7 Å². The Balaban J connectivity index is 2.94. The van der Waals surface area contributed by atoms with E-state index in [-0.39, 0.29) is 5.78 Å². The van der Waals surface area contributed by atoms with Crippen molar-refractivity contribution in [2.24, 2.45) is 0 Å². The van der Waals surface area contributed by atoms with E-state index in [9.17, 15) is 9.18 Å². The third-order valence-corrected chi connectivity index (χ3v) is 2.36. The van der Waals surface area contributed by atoms with Gasteiger partial charge in [0.05, 0.1) is 0 Å². The maximum Gasteiger partial charge on any atom is 0.163 e. The summed E-state index contributed by atoms with van der Waals surface area (Å²) in [6.45, 7) is 0. The molecule has 4 heteroatoms. The third kappa shape index (κ3) is 3.19. The van der Waals surface area contributed by atoms with Gasteiger partial charge in [0.15, 0.2) is 5.78 Å². The number of benzene rings is 1. The molecule has 1 rings (SSSR count). The Labute approximate surface area is 92.6 Å². The first-order valence-corrected chi connectivity index (χ1v) is 5.60. The van der Waals surface area contributed by atoms with Crippen LogP contribution < -0.4 is 0 Å². The number of alkyl halides is 1. The molecule has 0 unspecified atom stereocenters.